The first-order valence-electron chi connectivity index (χ1n) is 6.54. The van der Waals surface area contributed by atoms with Crippen molar-refractivity contribution in [1.29, 1.82) is 0 Å². The van der Waals surface area contributed by atoms with E-state index < -0.39 is 0 Å². The van der Waals surface area contributed by atoms with Gasteiger partial charge in [0.25, 0.3) is 0 Å². The van der Waals surface area contributed by atoms with Crippen molar-refractivity contribution in [3.63, 3.8) is 0 Å². The van der Waals surface area contributed by atoms with Gasteiger partial charge in [0.15, 0.2) is 5.78 Å². The van der Waals surface area contributed by atoms with Crippen molar-refractivity contribution in [2.45, 2.75) is 46.6 Å². The number of Topliss-reactive ketones (excluding diaryl/α,β-unsaturated/α-hetero) is 1. The number of hydrogen-bond donors (Lipinski definition) is 2. The van der Waals surface area contributed by atoms with Gasteiger partial charge in [-0.1, -0.05) is 20.8 Å². The first-order valence-corrected chi connectivity index (χ1v) is 6.54. The van der Waals surface area contributed by atoms with Crippen LogP contribution in [0.15, 0.2) is 11.3 Å². The molecule has 0 amide bonds. The van der Waals surface area contributed by atoms with E-state index in [1.165, 1.54) is 0 Å². The third kappa shape index (κ3) is 1.90. The molecular weight excluding hydrogens is 214 g/mol. The van der Waals surface area contributed by atoms with Gasteiger partial charge in [-0.15, -0.1) is 0 Å². The van der Waals surface area contributed by atoms with Gasteiger partial charge in [-0.25, -0.2) is 0 Å². The molecule has 3 atom stereocenters. The van der Waals surface area contributed by atoms with E-state index in [9.17, 15) is 9.90 Å². The minimum Gasteiger partial charge on any atom is -0.394 e. The summed E-state index contributed by atoms with van der Waals surface area (Å²) in [4.78, 5) is 11.9. The van der Waals surface area contributed by atoms with E-state index in [4.69, 9.17) is 0 Å². The Hall–Kier alpha value is -0.830. The molecule has 0 heterocycles. The highest BCUT2D eigenvalue weighted by atomic mass is 16.3. The number of allylic oxidation sites excluding steroid dienone is 2. The Morgan fingerprint density at radius 1 is 1.59 bits per heavy atom. The van der Waals surface area contributed by atoms with Gasteiger partial charge in [0, 0.05) is 23.7 Å². The van der Waals surface area contributed by atoms with Crippen LogP contribution in [0.1, 0.15) is 40.5 Å². The van der Waals surface area contributed by atoms with Crippen molar-refractivity contribution in [3.05, 3.63) is 11.3 Å². The van der Waals surface area contributed by atoms with E-state index in [-0.39, 0.29) is 12.6 Å². The zero-order valence-electron chi connectivity index (χ0n) is 11.2. The summed E-state index contributed by atoms with van der Waals surface area (Å²) in [7, 11) is 0. The van der Waals surface area contributed by atoms with Crippen molar-refractivity contribution < 1.29 is 9.90 Å². The SMILES string of the molecule is CC[C@H](CO)N/C(C)=C1\C(=O)C[C@@H]2[C@H]1C2(C)C. The molecule has 2 fully saturated rings. The largest absolute Gasteiger partial charge is 0.394 e. The van der Waals surface area contributed by atoms with Crippen LogP contribution in [-0.4, -0.2) is 23.5 Å². The molecule has 0 unspecified atom stereocenters. The second-order valence-corrected chi connectivity index (χ2v) is 6.00. The summed E-state index contributed by atoms with van der Waals surface area (Å²) in [6.45, 7) is 8.61. The lowest BCUT2D eigenvalue weighted by atomic mass is 9.95. The molecule has 2 aliphatic rings. The Morgan fingerprint density at radius 2 is 2.24 bits per heavy atom. The van der Waals surface area contributed by atoms with E-state index in [0.29, 0.717) is 29.5 Å². The maximum absolute atomic E-state index is 11.9. The molecule has 0 aromatic heterocycles. The summed E-state index contributed by atoms with van der Waals surface area (Å²) in [5.74, 6) is 1.30. The van der Waals surface area contributed by atoms with E-state index in [2.05, 4.69) is 19.2 Å². The van der Waals surface area contributed by atoms with Gasteiger partial charge in [-0.05, 0) is 30.6 Å². The van der Waals surface area contributed by atoms with Crippen molar-refractivity contribution in [2.75, 3.05) is 6.61 Å². The Balaban J connectivity index is 2.17. The number of carbonyl (C=O) groups is 1. The van der Waals surface area contributed by atoms with E-state index in [1.54, 1.807) is 0 Å². The van der Waals surface area contributed by atoms with Crippen LogP contribution in [0.3, 0.4) is 0 Å². The van der Waals surface area contributed by atoms with Crippen molar-refractivity contribution in [1.82, 2.24) is 5.32 Å². The fourth-order valence-electron chi connectivity index (χ4n) is 3.28. The molecule has 0 aromatic rings. The van der Waals surface area contributed by atoms with Crippen LogP contribution in [0.25, 0.3) is 0 Å². The Bertz CT molecular complexity index is 366. The minimum absolute atomic E-state index is 0.0659. The fraction of sp³-hybridized carbons (Fsp3) is 0.786. The predicted octanol–water partition coefficient (Wildman–Crippen LogP) is 1.87. The lowest BCUT2D eigenvalue weighted by molar-refractivity contribution is -0.115. The summed E-state index contributed by atoms with van der Waals surface area (Å²) in [6, 6.07) is 0.0659. The first-order chi connectivity index (χ1) is 7.93. The Morgan fingerprint density at radius 3 is 2.71 bits per heavy atom. The molecular formula is C14H23NO2. The predicted molar refractivity (Wildman–Crippen MR) is 67.4 cm³/mol. The van der Waals surface area contributed by atoms with Gasteiger partial charge in [-0.2, -0.15) is 0 Å². The molecule has 2 rings (SSSR count). The molecule has 0 spiro atoms. The van der Waals surface area contributed by atoms with Gasteiger partial charge >= 0.3 is 0 Å². The molecule has 2 N–H and O–H groups in total. The highest BCUT2D eigenvalue weighted by Gasteiger charge is 2.65. The molecule has 17 heavy (non-hydrogen) atoms. The van der Waals surface area contributed by atoms with Crippen molar-refractivity contribution >= 4 is 5.78 Å². The summed E-state index contributed by atoms with van der Waals surface area (Å²) in [6.07, 6.45) is 1.58. The number of fused-ring (bicyclic) bond motifs is 1. The van der Waals surface area contributed by atoms with Gasteiger partial charge in [0.1, 0.15) is 0 Å². The van der Waals surface area contributed by atoms with E-state index in [0.717, 1.165) is 17.7 Å². The maximum Gasteiger partial charge on any atom is 0.161 e. The van der Waals surface area contributed by atoms with Gasteiger partial charge in [0.05, 0.1) is 6.61 Å². The number of hydrogen-bond acceptors (Lipinski definition) is 3. The average Bonchev–Trinajstić information content (AvgIpc) is 2.64. The standard InChI is InChI=1S/C14H23NO2/c1-5-9(7-16)15-8(2)12-11(17)6-10-13(12)14(10,3)4/h9-10,13,15-16H,5-7H2,1-4H3/b12-8+/t9-,10-,13-/m1/s1. The third-order valence-electron chi connectivity index (χ3n) is 4.61. The molecule has 0 bridgehead atoms. The molecule has 96 valence electrons. The highest BCUT2D eigenvalue weighted by molar-refractivity contribution is 6.01. The second kappa shape index (κ2) is 4.13. The zero-order valence-corrected chi connectivity index (χ0v) is 11.2. The number of aliphatic hydroxyl groups excluding tert-OH is 1. The first kappa shape index (κ1) is 12.6. The molecule has 2 aliphatic carbocycles. The summed E-state index contributed by atoms with van der Waals surface area (Å²) in [5, 5.41) is 12.5. The van der Waals surface area contributed by atoms with Crippen LogP contribution in [0, 0.1) is 17.3 Å². The van der Waals surface area contributed by atoms with E-state index in [1.807, 2.05) is 13.8 Å². The van der Waals surface area contributed by atoms with Gasteiger partial charge in [-0.3, -0.25) is 4.79 Å². The van der Waals surface area contributed by atoms with Crippen LogP contribution in [0.2, 0.25) is 0 Å². The molecule has 3 heteroatoms. The molecule has 0 aliphatic heterocycles. The third-order valence-corrected chi connectivity index (χ3v) is 4.61. The Kier molecular flexibility index (Phi) is 3.06. The summed E-state index contributed by atoms with van der Waals surface area (Å²) in [5.41, 5.74) is 2.27. The number of carbonyl (C=O) groups excluding carboxylic acids is 1. The van der Waals surface area contributed by atoms with Crippen LogP contribution in [-0.2, 0) is 4.79 Å². The van der Waals surface area contributed by atoms with Crippen molar-refractivity contribution in [3.8, 4) is 0 Å². The highest BCUT2D eigenvalue weighted by Crippen LogP contribution is 2.68. The number of nitrogens with one attached hydrogen (secondary N) is 1. The number of ketones is 1. The lowest BCUT2D eigenvalue weighted by Gasteiger charge is -2.19. The minimum atomic E-state index is 0.0659. The summed E-state index contributed by atoms with van der Waals surface area (Å²) < 4.78 is 0. The smallest absolute Gasteiger partial charge is 0.161 e. The monoisotopic (exact) mass is 237 g/mol. The van der Waals surface area contributed by atoms with Gasteiger partial charge < -0.3 is 10.4 Å². The molecule has 0 saturated heterocycles. The van der Waals surface area contributed by atoms with Crippen LogP contribution in [0.4, 0.5) is 0 Å². The van der Waals surface area contributed by atoms with Gasteiger partial charge in [0.2, 0.25) is 0 Å². The average molecular weight is 237 g/mol. The summed E-state index contributed by atoms with van der Waals surface area (Å²) >= 11 is 0. The second-order valence-electron chi connectivity index (χ2n) is 6.00. The number of aliphatic hydroxyl groups is 1. The molecule has 0 radical (unpaired) electrons. The fourth-order valence-corrected chi connectivity index (χ4v) is 3.28. The van der Waals surface area contributed by atoms with Crippen LogP contribution in [0.5, 0.6) is 0 Å². The topological polar surface area (TPSA) is 49.3 Å². The molecule has 0 aromatic carbocycles. The lowest BCUT2D eigenvalue weighted by Crippen LogP contribution is -2.32. The van der Waals surface area contributed by atoms with Crippen LogP contribution < -0.4 is 5.32 Å². The molecule has 3 nitrogen and oxygen atoms in total. The normalized spacial score (nSPS) is 34.3. The molecule has 2 saturated carbocycles. The zero-order chi connectivity index (χ0) is 12.8. The van der Waals surface area contributed by atoms with E-state index >= 15 is 0 Å². The maximum atomic E-state index is 11.9. The van der Waals surface area contributed by atoms with Crippen molar-refractivity contribution in [2.24, 2.45) is 17.3 Å². The Labute approximate surface area is 103 Å². The quantitative estimate of drug-likeness (QED) is 0.734. The van der Waals surface area contributed by atoms with Crippen LogP contribution >= 0.6 is 0 Å². The number of rotatable bonds is 4.